The molecule has 19 heavy (non-hydrogen) atoms. The van der Waals surface area contributed by atoms with Gasteiger partial charge >= 0.3 is 6.18 Å². The topological polar surface area (TPSA) is 53.0 Å². The van der Waals surface area contributed by atoms with E-state index in [9.17, 15) is 23.1 Å². The highest BCUT2D eigenvalue weighted by Gasteiger charge is 2.30. The smallest absolute Gasteiger partial charge is 0.416 e. The Morgan fingerprint density at radius 1 is 1.37 bits per heavy atom. The predicted octanol–water partition coefficient (Wildman–Crippen LogP) is 2.50. The molecular formula is C12H7F3NO2S-. The van der Waals surface area contributed by atoms with Crippen LogP contribution in [-0.2, 0) is 6.18 Å². The summed E-state index contributed by atoms with van der Waals surface area (Å²) in [5.41, 5.74) is -0.131. The minimum atomic E-state index is -4.44. The van der Waals surface area contributed by atoms with Gasteiger partial charge in [0.15, 0.2) is 0 Å². The SMILES string of the molecule is Cc1nc(C(=O)[O-])sc1-c1cccc(C(F)(F)F)c1. The maximum absolute atomic E-state index is 12.6. The van der Waals surface area contributed by atoms with E-state index in [1.807, 2.05) is 0 Å². The molecule has 0 saturated carbocycles. The number of hydrogen-bond acceptors (Lipinski definition) is 4. The molecule has 0 bridgehead atoms. The van der Waals surface area contributed by atoms with Crippen LogP contribution >= 0.6 is 11.3 Å². The average Bonchev–Trinajstić information content (AvgIpc) is 2.71. The summed E-state index contributed by atoms with van der Waals surface area (Å²) >= 11 is 0.800. The van der Waals surface area contributed by atoms with Gasteiger partial charge in [-0.05, 0) is 24.6 Å². The van der Waals surface area contributed by atoms with Crippen LogP contribution in [-0.4, -0.2) is 11.0 Å². The minimum absolute atomic E-state index is 0.245. The van der Waals surface area contributed by atoms with Crippen LogP contribution in [0, 0.1) is 6.92 Å². The van der Waals surface area contributed by atoms with Gasteiger partial charge in [0.25, 0.3) is 0 Å². The third-order valence-corrected chi connectivity index (χ3v) is 3.61. The number of thiazole rings is 1. The summed E-state index contributed by atoms with van der Waals surface area (Å²) in [6, 6.07) is 4.68. The van der Waals surface area contributed by atoms with Gasteiger partial charge in [0.2, 0.25) is 0 Å². The molecule has 0 N–H and O–H groups in total. The number of aryl methyl sites for hydroxylation is 1. The van der Waals surface area contributed by atoms with Crippen LogP contribution < -0.4 is 5.11 Å². The molecular weight excluding hydrogens is 279 g/mol. The van der Waals surface area contributed by atoms with Crippen LogP contribution in [0.2, 0.25) is 0 Å². The van der Waals surface area contributed by atoms with Crippen LogP contribution in [0.15, 0.2) is 24.3 Å². The number of halogens is 3. The monoisotopic (exact) mass is 286 g/mol. The lowest BCUT2D eigenvalue weighted by Crippen LogP contribution is -2.21. The Kier molecular flexibility index (Phi) is 3.32. The number of aromatic carboxylic acids is 1. The molecule has 0 atom stereocenters. The molecule has 0 radical (unpaired) electrons. The molecule has 2 rings (SSSR count). The Morgan fingerprint density at radius 3 is 2.58 bits per heavy atom. The first-order valence-electron chi connectivity index (χ1n) is 5.15. The number of nitrogens with zero attached hydrogens (tertiary/aromatic N) is 1. The van der Waals surface area contributed by atoms with Gasteiger partial charge < -0.3 is 9.90 Å². The predicted molar refractivity (Wildman–Crippen MR) is 61.6 cm³/mol. The molecule has 0 aliphatic heterocycles. The van der Waals surface area contributed by atoms with Crippen molar-refractivity contribution in [3.63, 3.8) is 0 Å². The minimum Gasteiger partial charge on any atom is -0.542 e. The molecule has 0 fully saturated rings. The van der Waals surface area contributed by atoms with Gasteiger partial charge in [-0.3, -0.25) is 0 Å². The number of rotatable bonds is 2. The van der Waals surface area contributed by atoms with Gasteiger partial charge in [-0.1, -0.05) is 12.1 Å². The van der Waals surface area contributed by atoms with Crippen molar-refractivity contribution in [3.05, 3.63) is 40.5 Å². The Bertz CT molecular complexity index is 634. The fourth-order valence-corrected chi connectivity index (χ4v) is 2.49. The molecule has 1 aromatic heterocycles. The van der Waals surface area contributed by atoms with Crippen LogP contribution in [0.25, 0.3) is 10.4 Å². The summed E-state index contributed by atoms with van der Waals surface area (Å²) in [6.07, 6.45) is -4.44. The van der Waals surface area contributed by atoms with Crippen molar-refractivity contribution in [2.75, 3.05) is 0 Å². The van der Waals surface area contributed by atoms with Gasteiger partial charge in [0, 0.05) is 0 Å². The zero-order valence-electron chi connectivity index (χ0n) is 9.62. The van der Waals surface area contributed by atoms with E-state index in [0.29, 0.717) is 10.6 Å². The van der Waals surface area contributed by atoms with Crippen molar-refractivity contribution < 1.29 is 23.1 Å². The lowest BCUT2D eigenvalue weighted by atomic mass is 10.1. The maximum Gasteiger partial charge on any atom is 0.416 e. The van der Waals surface area contributed by atoms with E-state index in [0.717, 1.165) is 23.5 Å². The van der Waals surface area contributed by atoms with Gasteiger partial charge in [-0.15, -0.1) is 11.3 Å². The largest absolute Gasteiger partial charge is 0.542 e. The van der Waals surface area contributed by atoms with Gasteiger partial charge in [0.1, 0.15) is 11.0 Å². The van der Waals surface area contributed by atoms with E-state index in [-0.39, 0.29) is 10.6 Å². The third kappa shape index (κ3) is 2.76. The second-order valence-corrected chi connectivity index (χ2v) is 4.80. The van der Waals surface area contributed by atoms with Crippen LogP contribution in [0.4, 0.5) is 13.2 Å². The van der Waals surface area contributed by atoms with Gasteiger partial charge in [-0.25, -0.2) is 4.98 Å². The number of carbonyl (C=O) groups excluding carboxylic acids is 1. The molecule has 0 unspecified atom stereocenters. The van der Waals surface area contributed by atoms with Crippen molar-refractivity contribution >= 4 is 17.3 Å². The fourth-order valence-electron chi connectivity index (χ4n) is 1.59. The average molecular weight is 286 g/mol. The van der Waals surface area contributed by atoms with E-state index >= 15 is 0 Å². The quantitative estimate of drug-likeness (QED) is 0.852. The summed E-state index contributed by atoms with van der Waals surface area (Å²) in [6.45, 7) is 1.54. The summed E-state index contributed by atoms with van der Waals surface area (Å²) < 4.78 is 37.8. The lowest BCUT2D eigenvalue weighted by molar-refractivity contribution is -0.255. The standard InChI is InChI=1S/C12H8F3NO2S/c1-6-9(19-10(16-6)11(17)18)7-3-2-4-8(5-7)12(13,14)15/h2-5H,1H3,(H,17,18)/p-1. The van der Waals surface area contributed by atoms with Crippen LogP contribution in [0.3, 0.4) is 0 Å². The van der Waals surface area contributed by atoms with Crippen molar-refractivity contribution in [1.82, 2.24) is 4.98 Å². The normalized spacial score (nSPS) is 11.6. The Morgan fingerprint density at radius 2 is 2.05 bits per heavy atom. The highest BCUT2D eigenvalue weighted by Crippen LogP contribution is 2.35. The second-order valence-electron chi connectivity index (χ2n) is 3.80. The molecule has 100 valence electrons. The Labute approximate surface area is 110 Å². The highest BCUT2D eigenvalue weighted by atomic mass is 32.1. The molecule has 1 aromatic carbocycles. The number of benzene rings is 1. The molecule has 0 aliphatic carbocycles. The summed E-state index contributed by atoms with van der Waals surface area (Å²) in [4.78, 5) is 14.8. The molecule has 0 aliphatic rings. The van der Waals surface area contributed by atoms with Crippen LogP contribution in [0.5, 0.6) is 0 Å². The third-order valence-electron chi connectivity index (χ3n) is 2.42. The van der Waals surface area contributed by atoms with Crippen molar-refractivity contribution in [2.24, 2.45) is 0 Å². The Balaban J connectivity index is 2.50. The van der Waals surface area contributed by atoms with E-state index < -0.39 is 17.7 Å². The summed E-state index contributed by atoms with van der Waals surface area (Å²) in [5, 5.41) is 10.4. The zero-order valence-corrected chi connectivity index (χ0v) is 10.4. The first-order chi connectivity index (χ1) is 8.79. The zero-order chi connectivity index (χ0) is 14.2. The van der Waals surface area contributed by atoms with Gasteiger partial charge in [-0.2, -0.15) is 13.2 Å². The van der Waals surface area contributed by atoms with Crippen molar-refractivity contribution in [2.45, 2.75) is 13.1 Å². The lowest BCUT2D eigenvalue weighted by Gasteiger charge is -2.07. The number of carboxylic acids is 1. The van der Waals surface area contributed by atoms with E-state index in [2.05, 4.69) is 4.98 Å². The number of carbonyl (C=O) groups is 1. The fraction of sp³-hybridized carbons (Fsp3) is 0.167. The first-order valence-corrected chi connectivity index (χ1v) is 5.97. The number of aromatic nitrogens is 1. The van der Waals surface area contributed by atoms with E-state index in [1.54, 1.807) is 6.92 Å². The maximum atomic E-state index is 12.6. The van der Waals surface area contributed by atoms with Crippen LogP contribution in [0.1, 0.15) is 21.1 Å². The van der Waals surface area contributed by atoms with Gasteiger partial charge in [0.05, 0.1) is 16.1 Å². The summed E-state index contributed by atoms with van der Waals surface area (Å²) in [7, 11) is 0. The molecule has 2 aromatic rings. The highest BCUT2D eigenvalue weighted by molar-refractivity contribution is 7.17. The van der Waals surface area contributed by atoms with Crippen molar-refractivity contribution in [1.29, 1.82) is 0 Å². The number of alkyl halides is 3. The molecule has 3 nitrogen and oxygen atoms in total. The molecule has 0 spiro atoms. The summed E-state index contributed by atoms with van der Waals surface area (Å²) in [5.74, 6) is -1.44. The second kappa shape index (κ2) is 4.65. The molecule has 1 heterocycles. The van der Waals surface area contributed by atoms with E-state index in [4.69, 9.17) is 0 Å². The molecule has 0 saturated heterocycles. The number of hydrogen-bond donors (Lipinski definition) is 0. The Hall–Kier alpha value is -1.89. The first kappa shape index (κ1) is 13.5. The van der Waals surface area contributed by atoms with Crippen molar-refractivity contribution in [3.8, 4) is 10.4 Å². The van der Waals surface area contributed by atoms with E-state index in [1.165, 1.54) is 12.1 Å². The number of carboxylic acid groups (broad SMARTS) is 1. The molecule has 0 amide bonds. The molecule has 7 heteroatoms.